The molecule has 0 saturated carbocycles. The van der Waals surface area contributed by atoms with E-state index in [9.17, 15) is 29.4 Å². The summed E-state index contributed by atoms with van der Waals surface area (Å²) in [4.78, 5) is 50.0. The lowest BCUT2D eigenvalue weighted by Gasteiger charge is -2.20. The zero-order chi connectivity index (χ0) is 18.6. The smallest absolute Gasteiger partial charge is 0.381 e. The lowest BCUT2D eigenvalue weighted by atomic mass is 9.85. The fourth-order valence-electron chi connectivity index (χ4n) is 3.22. The number of ether oxygens (including phenoxy) is 1. The molecule has 1 saturated heterocycles. The Bertz CT molecular complexity index is 1010. The maximum atomic E-state index is 12.9. The monoisotopic (exact) mass is 350 g/mol. The number of ketones is 3. The number of hydrogen-bond donors (Lipinski definition) is 2. The summed E-state index contributed by atoms with van der Waals surface area (Å²) >= 11 is 0. The summed E-state index contributed by atoms with van der Waals surface area (Å²) in [6.07, 6.45) is 0. The molecule has 0 unspecified atom stereocenters. The summed E-state index contributed by atoms with van der Waals surface area (Å²) in [7, 11) is 0. The van der Waals surface area contributed by atoms with E-state index in [1.54, 1.807) is 0 Å². The molecule has 1 aliphatic carbocycles. The molecule has 1 heterocycles. The summed E-state index contributed by atoms with van der Waals surface area (Å²) in [6.45, 7) is 0. The molecule has 2 aliphatic rings. The van der Waals surface area contributed by atoms with Gasteiger partial charge in [-0.1, -0.05) is 24.3 Å². The van der Waals surface area contributed by atoms with E-state index in [-0.39, 0.29) is 22.4 Å². The number of benzene rings is 2. The fourth-order valence-corrected chi connectivity index (χ4v) is 3.22. The first-order valence-corrected chi connectivity index (χ1v) is 7.57. The normalized spacial score (nSPS) is 19.7. The number of esters is 1. The first-order valence-electron chi connectivity index (χ1n) is 7.57. The van der Waals surface area contributed by atoms with Gasteiger partial charge in [-0.2, -0.15) is 0 Å². The number of aliphatic hydroxyl groups excluding tert-OH is 1. The van der Waals surface area contributed by atoms with Crippen LogP contribution in [-0.4, -0.2) is 39.1 Å². The SMILES string of the molecule is O=C1OC2(C(=O)c3ccccc3C2=O)/C(=C(\O)c2ccc(O)cc2)C1=O. The molecule has 1 fully saturated rings. The van der Waals surface area contributed by atoms with Gasteiger partial charge >= 0.3 is 5.97 Å². The molecule has 0 amide bonds. The van der Waals surface area contributed by atoms with Gasteiger partial charge in [0, 0.05) is 16.7 Å². The van der Waals surface area contributed by atoms with Crippen LogP contribution in [0, 0.1) is 0 Å². The Morgan fingerprint density at radius 1 is 0.846 bits per heavy atom. The maximum Gasteiger partial charge on any atom is 0.381 e. The molecule has 1 aliphatic heterocycles. The second-order valence-electron chi connectivity index (χ2n) is 5.87. The van der Waals surface area contributed by atoms with Gasteiger partial charge in [0.1, 0.15) is 17.1 Å². The maximum absolute atomic E-state index is 12.9. The second kappa shape index (κ2) is 5.13. The number of aromatic hydroxyl groups is 1. The van der Waals surface area contributed by atoms with Gasteiger partial charge in [-0.3, -0.25) is 14.4 Å². The van der Waals surface area contributed by atoms with Crippen molar-refractivity contribution in [2.45, 2.75) is 5.60 Å². The molecule has 2 N–H and O–H groups in total. The van der Waals surface area contributed by atoms with Crippen molar-refractivity contribution in [2.24, 2.45) is 0 Å². The molecule has 2 aromatic rings. The largest absolute Gasteiger partial charge is 0.508 e. The Kier molecular flexibility index (Phi) is 3.11. The average molecular weight is 350 g/mol. The highest BCUT2D eigenvalue weighted by Gasteiger charge is 2.67. The summed E-state index contributed by atoms with van der Waals surface area (Å²) in [5, 5.41) is 19.9. The summed E-state index contributed by atoms with van der Waals surface area (Å²) in [5.41, 5.74) is -3.16. The lowest BCUT2D eigenvalue weighted by Crippen LogP contribution is -2.43. The molecule has 26 heavy (non-hydrogen) atoms. The number of hydrogen-bond acceptors (Lipinski definition) is 7. The molecule has 0 aromatic heterocycles. The van der Waals surface area contributed by atoms with Crippen LogP contribution >= 0.6 is 0 Å². The fraction of sp³-hybridized carbons (Fsp3) is 0.0526. The summed E-state index contributed by atoms with van der Waals surface area (Å²) < 4.78 is 4.95. The van der Waals surface area contributed by atoms with Crippen molar-refractivity contribution in [1.82, 2.24) is 0 Å². The third-order valence-corrected chi connectivity index (χ3v) is 4.44. The molecule has 0 atom stereocenters. The van der Waals surface area contributed by atoms with E-state index in [0.717, 1.165) is 0 Å². The van der Waals surface area contributed by atoms with E-state index in [0.29, 0.717) is 0 Å². The molecule has 4 rings (SSSR count). The van der Waals surface area contributed by atoms with E-state index in [1.807, 2.05) is 0 Å². The molecular formula is C19H10O7. The van der Waals surface area contributed by atoms with Crippen molar-refractivity contribution in [2.75, 3.05) is 0 Å². The minimum absolute atomic E-state index is 0.0102. The van der Waals surface area contributed by atoms with Crippen LogP contribution in [0.3, 0.4) is 0 Å². The van der Waals surface area contributed by atoms with Gasteiger partial charge < -0.3 is 14.9 Å². The Labute approximate surface area is 146 Å². The van der Waals surface area contributed by atoms with Gasteiger partial charge in [0.2, 0.25) is 11.6 Å². The zero-order valence-corrected chi connectivity index (χ0v) is 13.1. The van der Waals surface area contributed by atoms with E-state index < -0.39 is 40.3 Å². The second-order valence-corrected chi connectivity index (χ2v) is 5.87. The Balaban J connectivity index is 1.99. The van der Waals surface area contributed by atoms with Crippen molar-refractivity contribution >= 4 is 29.1 Å². The highest BCUT2D eigenvalue weighted by atomic mass is 16.6. The van der Waals surface area contributed by atoms with Gasteiger partial charge in [0.25, 0.3) is 11.4 Å². The molecule has 0 bridgehead atoms. The number of aliphatic hydroxyl groups is 1. The lowest BCUT2D eigenvalue weighted by molar-refractivity contribution is -0.149. The Morgan fingerprint density at radius 3 is 1.92 bits per heavy atom. The van der Waals surface area contributed by atoms with Gasteiger partial charge in [-0.15, -0.1) is 0 Å². The van der Waals surface area contributed by atoms with Crippen LogP contribution < -0.4 is 0 Å². The minimum Gasteiger partial charge on any atom is -0.508 e. The van der Waals surface area contributed by atoms with E-state index >= 15 is 0 Å². The predicted octanol–water partition coefficient (Wildman–Crippen LogP) is 1.61. The van der Waals surface area contributed by atoms with Crippen molar-refractivity contribution in [3.05, 3.63) is 70.8 Å². The highest BCUT2D eigenvalue weighted by molar-refractivity contribution is 6.52. The van der Waals surface area contributed by atoms with E-state index in [4.69, 9.17) is 4.74 Å². The summed E-state index contributed by atoms with van der Waals surface area (Å²) in [6, 6.07) is 10.9. The number of fused-ring (bicyclic) bond motifs is 1. The van der Waals surface area contributed by atoms with Crippen LogP contribution in [0.4, 0.5) is 0 Å². The molecule has 128 valence electrons. The molecule has 2 aromatic carbocycles. The molecule has 0 radical (unpaired) electrons. The van der Waals surface area contributed by atoms with Crippen LogP contribution in [-0.2, 0) is 14.3 Å². The van der Waals surface area contributed by atoms with Crippen molar-refractivity contribution < 1.29 is 34.1 Å². The number of phenolic OH excluding ortho intramolecular Hbond substituents is 1. The first kappa shape index (κ1) is 15.8. The van der Waals surface area contributed by atoms with Crippen LogP contribution in [0.15, 0.2) is 54.1 Å². The number of carbonyl (C=O) groups excluding carboxylic acids is 4. The minimum atomic E-state index is -2.51. The first-order chi connectivity index (χ1) is 12.4. The van der Waals surface area contributed by atoms with Gasteiger partial charge in [-0.25, -0.2) is 4.79 Å². The van der Waals surface area contributed by atoms with Gasteiger partial charge in [0.15, 0.2) is 0 Å². The van der Waals surface area contributed by atoms with Crippen molar-refractivity contribution in [3.63, 3.8) is 0 Å². The topological polar surface area (TPSA) is 118 Å². The number of carbonyl (C=O) groups is 4. The number of rotatable bonds is 1. The third kappa shape index (κ3) is 1.82. The van der Waals surface area contributed by atoms with E-state index in [1.165, 1.54) is 48.5 Å². The average Bonchev–Trinajstić information content (AvgIpc) is 3.03. The Hall–Kier alpha value is -3.74. The quantitative estimate of drug-likeness (QED) is 0.264. The molecule has 7 heteroatoms. The van der Waals surface area contributed by atoms with Gasteiger partial charge in [-0.05, 0) is 24.3 Å². The van der Waals surface area contributed by atoms with Crippen LogP contribution in [0.25, 0.3) is 5.76 Å². The number of Topliss-reactive ketones (excluding diaryl/α,β-unsaturated/α-hetero) is 3. The predicted molar refractivity (Wildman–Crippen MR) is 86.6 cm³/mol. The molecule has 1 spiro atoms. The standard InChI is InChI=1S/C19H10O7/c20-10-7-5-9(6-8-10)14(21)13-15(22)18(25)26-19(13)16(23)11-3-1-2-4-12(11)17(19)24/h1-8,20-21H/b14-13-. The zero-order valence-electron chi connectivity index (χ0n) is 13.1. The Morgan fingerprint density at radius 2 is 1.38 bits per heavy atom. The van der Waals surface area contributed by atoms with Gasteiger partial charge in [0.05, 0.1) is 0 Å². The van der Waals surface area contributed by atoms with Crippen LogP contribution in [0.2, 0.25) is 0 Å². The summed E-state index contributed by atoms with van der Waals surface area (Å²) in [5.74, 6) is -5.22. The number of phenols is 1. The van der Waals surface area contributed by atoms with Crippen LogP contribution in [0.1, 0.15) is 26.3 Å². The molecular weight excluding hydrogens is 340 g/mol. The van der Waals surface area contributed by atoms with Crippen molar-refractivity contribution in [1.29, 1.82) is 0 Å². The van der Waals surface area contributed by atoms with E-state index in [2.05, 4.69) is 0 Å². The molecule has 7 nitrogen and oxygen atoms in total. The third-order valence-electron chi connectivity index (χ3n) is 4.44. The highest BCUT2D eigenvalue weighted by Crippen LogP contribution is 2.44. The van der Waals surface area contributed by atoms with Crippen LogP contribution in [0.5, 0.6) is 5.75 Å². The van der Waals surface area contributed by atoms with Crippen molar-refractivity contribution in [3.8, 4) is 5.75 Å².